The second kappa shape index (κ2) is 7.94. The van der Waals surface area contributed by atoms with Crippen LogP contribution in [0, 0.1) is 0 Å². The minimum Gasteiger partial charge on any atom is -0.493 e. The number of ether oxygens (including phenoxy) is 3. The second-order valence-corrected chi connectivity index (χ2v) is 6.07. The van der Waals surface area contributed by atoms with Gasteiger partial charge >= 0.3 is 12.6 Å². The Balaban J connectivity index is 1.91. The highest BCUT2D eigenvalue weighted by atomic mass is 35.5. The Kier molecular flexibility index (Phi) is 5.62. The number of cyclic esters (lactones) is 1. The summed E-state index contributed by atoms with van der Waals surface area (Å²) in [5.74, 6) is -0.620. The summed E-state index contributed by atoms with van der Waals surface area (Å²) < 4.78 is 39.3. The molecule has 1 heterocycles. The van der Waals surface area contributed by atoms with Crippen LogP contribution in [0.1, 0.15) is 11.1 Å². The Morgan fingerprint density at radius 3 is 2.56 bits per heavy atom. The number of methoxy groups -OCH3 is 1. The van der Waals surface area contributed by atoms with Crippen molar-refractivity contribution in [1.82, 2.24) is 0 Å². The Morgan fingerprint density at radius 2 is 1.89 bits per heavy atom. The van der Waals surface area contributed by atoms with Crippen LogP contribution in [0.25, 0.3) is 6.08 Å². The van der Waals surface area contributed by atoms with Crippen LogP contribution in [0.15, 0.2) is 47.1 Å². The lowest BCUT2D eigenvalue weighted by Gasteiger charge is -2.10. The lowest BCUT2D eigenvalue weighted by molar-refractivity contribution is -0.129. The second-order valence-electron chi connectivity index (χ2n) is 5.25. The van der Waals surface area contributed by atoms with Crippen molar-refractivity contribution in [2.75, 3.05) is 7.11 Å². The van der Waals surface area contributed by atoms with E-state index in [9.17, 15) is 13.6 Å². The van der Waals surface area contributed by atoms with Crippen LogP contribution in [0.4, 0.5) is 8.78 Å². The van der Waals surface area contributed by atoms with E-state index in [1.807, 2.05) is 0 Å². The summed E-state index contributed by atoms with van der Waals surface area (Å²) in [6, 6.07) is 8.92. The maximum absolute atomic E-state index is 12.4. The molecule has 0 N–H and O–H groups in total. The molecule has 2 aromatic rings. The van der Waals surface area contributed by atoms with E-state index in [1.54, 1.807) is 12.1 Å². The maximum atomic E-state index is 12.4. The minimum absolute atomic E-state index is 0.0284. The monoisotopic (exact) mass is 413 g/mol. The van der Waals surface area contributed by atoms with Crippen LogP contribution in [-0.4, -0.2) is 25.6 Å². The molecule has 2 aromatic carbocycles. The first-order valence-corrected chi connectivity index (χ1v) is 8.24. The number of alkyl halides is 2. The molecule has 0 spiro atoms. The van der Waals surface area contributed by atoms with Gasteiger partial charge in [0.2, 0.25) is 5.90 Å². The smallest absolute Gasteiger partial charge is 0.387 e. The quantitative estimate of drug-likeness (QED) is 0.514. The fourth-order valence-electron chi connectivity index (χ4n) is 2.29. The minimum atomic E-state index is -2.98. The Labute approximate surface area is 162 Å². The fraction of sp³-hybridized carbons (Fsp3) is 0.111. The number of hydrogen-bond donors (Lipinski definition) is 0. The molecule has 0 unspecified atom stereocenters. The van der Waals surface area contributed by atoms with Crippen LogP contribution in [0.3, 0.4) is 0 Å². The van der Waals surface area contributed by atoms with Gasteiger partial charge in [-0.3, -0.25) is 0 Å². The van der Waals surface area contributed by atoms with Crippen molar-refractivity contribution in [3.63, 3.8) is 0 Å². The molecular formula is C18H11Cl2F2NO4. The Morgan fingerprint density at radius 1 is 1.11 bits per heavy atom. The van der Waals surface area contributed by atoms with E-state index >= 15 is 0 Å². The third kappa shape index (κ3) is 4.37. The molecule has 1 aliphatic rings. The van der Waals surface area contributed by atoms with Gasteiger partial charge in [0, 0.05) is 5.56 Å². The van der Waals surface area contributed by atoms with Crippen molar-refractivity contribution >= 4 is 41.1 Å². The van der Waals surface area contributed by atoms with E-state index < -0.39 is 12.6 Å². The molecule has 0 fully saturated rings. The molecule has 0 amide bonds. The SMILES string of the molecule is COc1cc(/C=C2/N=C(c3ccc(Cl)c(Cl)c3)OC2=O)ccc1OC(F)F. The van der Waals surface area contributed by atoms with E-state index in [1.165, 1.54) is 37.5 Å². The first-order chi connectivity index (χ1) is 12.9. The highest BCUT2D eigenvalue weighted by Gasteiger charge is 2.24. The summed E-state index contributed by atoms with van der Waals surface area (Å²) in [5, 5.41) is 0.656. The molecule has 0 aliphatic carbocycles. The largest absolute Gasteiger partial charge is 0.493 e. The molecule has 0 radical (unpaired) electrons. The molecule has 9 heteroatoms. The summed E-state index contributed by atoms with van der Waals surface area (Å²) in [4.78, 5) is 16.2. The van der Waals surface area contributed by atoms with Gasteiger partial charge in [-0.15, -0.1) is 0 Å². The number of rotatable bonds is 5. The zero-order chi connectivity index (χ0) is 19.6. The average Bonchev–Trinajstić information content (AvgIpc) is 2.99. The molecule has 3 rings (SSSR count). The number of aliphatic imine (C=N–C) groups is 1. The molecular weight excluding hydrogens is 403 g/mol. The van der Waals surface area contributed by atoms with Crippen molar-refractivity contribution in [2.24, 2.45) is 4.99 Å². The van der Waals surface area contributed by atoms with Crippen LogP contribution >= 0.6 is 23.2 Å². The fourth-order valence-corrected chi connectivity index (χ4v) is 2.59. The van der Waals surface area contributed by atoms with Gasteiger partial charge in [0.1, 0.15) is 0 Å². The molecule has 0 atom stereocenters. The summed E-state index contributed by atoms with van der Waals surface area (Å²) >= 11 is 11.8. The van der Waals surface area contributed by atoms with E-state index in [-0.39, 0.29) is 23.1 Å². The zero-order valence-electron chi connectivity index (χ0n) is 13.7. The third-order valence-corrected chi connectivity index (χ3v) is 4.23. The zero-order valence-corrected chi connectivity index (χ0v) is 15.2. The van der Waals surface area contributed by atoms with Gasteiger partial charge in [-0.05, 0) is 42.0 Å². The number of benzene rings is 2. The maximum Gasteiger partial charge on any atom is 0.387 e. The van der Waals surface area contributed by atoms with Gasteiger partial charge in [-0.2, -0.15) is 8.78 Å². The molecule has 0 saturated heterocycles. The van der Waals surface area contributed by atoms with Crippen molar-refractivity contribution in [3.8, 4) is 11.5 Å². The first kappa shape index (κ1) is 19.1. The molecule has 0 bridgehead atoms. The molecule has 0 saturated carbocycles. The highest BCUT2D eigenvalue weighted by molar-refractivity contribution is 6.42. The van der Waals surface area contributed by atoms with Crippen molar-refractivity contribution in [3.05, 3.63) is 63.3 Å². The summed E-state index contributed by atoms with van der Waals surface area (Å²) in [5.41, 5.74) is 1.000. The van der Waals surface area contributed by atoms with E-state index in [0.29, 0.717) is 21.2 Å². The molecule has 140 valence electrons. The summed E-state index contributed by atoms with van der Waals surface area (Å²) in [6.07, 6.45) is 1.43. The van der Waals surface area contributed by atoms with E-state index in [2.05, 4.69) is 9.73 Å². The van der Waals surface area contributed by atoms with E-state index in [0.717, 1.165) is 0 Å². The topological polar surface area (TPSA) is 57.1 Å². The van der Waals surface area contributed by atoms with Crippen LogP contribution in [-0.2, 0) is 9.53 Å². The third-order valence-electron chi connectivity index (χ3n) is 3.49. The Hall–Kier alpha value is -2.64. The standard InChI is InChI=1S/C18H11Cl2F2NO4/c1-25-15-7-9(2-5-14(15)26-18(21)22)6-13-17(24)27-16(23-13)10-3-4-11(19)12(20)8-10/h2-8,18H,1H3/b13-6+. The molecule has 1 aliphatic heterocycles. The average molecular weight is 414 g/mol. The van der Waals surface area contributed by atoms with Gasteiger partial charge < -0.3 is 14.2 Å². The lowest BCUT2D eigenvalue weighted by Crippen LogP contribution is -2.05. The van der Waals surface area contributed by atoms with Crippen LogP contribution < -0.4 is 9.47 Å². The number of carbonyl (C=O) groups is 1. The van der Waals surface area contributed by atoms with Gasteiger partial charge in [0.05, 0.1) is 17.2 Å². The van der Waals surface area contributed by atoms with Gasteiger partial charge in [0.15, 0.2) is 17.2 Å². The van der Waals surface area contributed by atoms with Crippen LogP contribution in [0.5, 0.6) is 11.5 Å². The Bertz CT molecular complexity index is 960. The predicted molar refractivity (Wildman–Crippen MR) is 96.7 cm³/mol. The van der Waals surface area contributed by atoms with Gasteiger partial charge in [-0.25, -0.2) is 9.79 Å². The van der Waals surface area contributed by atoms with Gasteiger partial charge in [-0.1, -0.05) is 29.3 Å². The number of carbonyl (C=O) groups excluding carboxylic acids is 1. The number of esters is 1. The van der Waals surface area contributed by atoms with Crippen LogP contribution in [0.2, 0.25) is 10.0 Å². The normalized spacial score (nSPS) is 15.1. The van der Waals surface area contributed by atoms with Gasteiger partial charge in [0.25, 0.3) is 0 Å². The summed E-state index contributed by atoms with van der Waals surface area (Å²) in [7, 11) is 1.31. The van der Waals surface area contributed by atoms with Crippen molar-refractivity contribution in [1.29, 1.82) is 0 Å². The number of hydrogen-bond acceptors (Lipinski definition) is 5. The molecule has 27 heavy (non-hydrogen) atoms. The van der Waals surface area contributed by atoms with Crippen molar-refractivity contribution in [2.45, 2.75) is 6.61 Å². The number of halogens is 4. The molecule has 0 aromatic heterocycles. The summed E-state index contributed by atoms with van der Waals surface area (Å²) in [6.45, 7) is -2.98. The highest BCUT2D eigenvalue weighted by Crippen LogP contribution is 2.31. The molecule has 5 nitrogen and oxygen atoms in total. The number of nitrogens with zero attached hydrogens (tertiary/aromatic N) is 1. The predicted octanol–water partition coefficient (Wildman–Crippen LogP) is 4.95. The first-order valence-electron chi connectivity index (χ1n) is 7.48. The van der Waals surface area contributed by atoms with Crippen molar-refractivity contribution < 1.29 is 27.8 Å². The lowest BCUT2D eigenvalue weighted by atomic mass is 10.1. The van der Waals surface area contributed by atoms with E-state index in [4.69, 9.17) is 32.7 Å².